The fourth-order valence-electron chi connectivity index (χ4n) is 0.976. The zero-order valence-electron chi connectivity index (χ0n) is 6.47. The van der Waals surface area contributed by atoms with Crippen molar-refractivity contribution in [1.29, 1.82) is 0 Å². The van der Waals surface area contributed by atoms with Gasteiger partial charge in [0.25, 0.3) is 0 Å². The van der Waals surface area contributed by atoms with Gasteiger partial charge in [-0.1, -0.05) is 18.5 Å². The molecule has 0 radical (unpaired) electrons. The third-order valence-electron chi connectivity index (χ3n) is 1.68. The van der Waals surface area contributed by atoms with E-state index in [1.165, 1.54) is 9.13 Å². The second-order valence-electron chi connectivity index (χ2n) is 2.44. The molecular formula is C8H10BIO. The van der Waals surface area contributed by atoms with E-state index < -0.39 is 0 Å². The Morgan fingerprint density at radius 2 is 2.18 bits per heavy atom. The average molecular weight is 260 g/mol. The summed E-state index contributed by atoms with van der Waals surface area (Å²) in [5.74, 6) is 0. The summed E-state index contributed by atoms with van der Waals surface area (Å²) in [5.41, 5.74) is 2.34. The highest BCUT2D eigenvalue weighted by Crippen LogP contribution is 2.14. The summed E-state index contributed by atoms with van der Waals surface area (Å²) in [5, 5.41) is 8.82. The summed E-state index contributed by atoms with van der Waals surface area (Å²) in [4.78, 5) is 0. The molecule has 1 nitrogen and oxygen atoms in total. The fourth-order valence-corrected chi connectivity index (χ4v) is 1.94. The second kappa shape index (κ2) is 4.11. The molecule has 3 heteroatoms. The van der Waals surface area contributed by atoms with E-state index >= 15 is 0 Å². The second-order valence-corrected chi connectivity index (χ2v) is 3.60. The molecule has 0 amide bonds. The molecule has 58 valence electrons. The van der Waals surface area contributed by atoms with Crippen molar-refractivity contribution in [2.75, 3.05) is 0 Å². The number of aliphatic hydroxyl groups is 1. The Balaban J connectivity index is 2.99. The maximum Gasteiger partial charge on any atom is 0.107 e. The van der Waals surface area contributed by atoms with Gasteiger partial charge in [0.15, 0.2) is 0 Å². The number of benzene rings is 1. The molecule has 0 atom stereocenters. The molecule has 1 aromatic rings. The van der Waals surface area contributed by atoms with Crippen LogP contribution in [-0.4, -0.2) is 13.0 Å². The minimum atomic E-state index is 0.139. The van der Waals surface area contributed by atoms with Crippen LogP contribution in [-0.2, 0) is 12.9 Å². The SMILES string of the molecule is BCc1ccc(CO)cc1I. The lowest BCUT2D eigenvalue weighted by Gasteiger charge is -2.02. The molecule has 0 aliphatic carbocycles. The molecule has 0 aromatic heterocycles. The van der Waals surface area contributed by atoms with Crippen LogP contribution in [0.25, 0.3) is 0 Å². The third kappa shape index (κ3) is 2.20. The van der Waals surface area contributed by atoms with E-state index in [0.717, 1.165) is 11.9 Å². The van der Waals surface area contributed by atoms with Crippen molar-refractivity contribution in [2.24, 2.45) is 0 Å². The van der Waals surface area contributed by atoms with Crippen LogP contribution in [0.1, 0.15) is 11.1 Å². The van der Waals surface area contributed by atoms with Crippen molar-refractivity contribution >= 4 is 30.4 Å². The summed E-state index contributed by atoms with van der Waals surface area (Å²) >= 11 is 2.30. The highest BCUT2D eigenvalue weighted by molar-refractivity contribution is 14.1. The summed E-state index contributed by atoms with van der Waals surface area (Å²) < 4.78 is 1.25. The van der Waals surface area contributed by atoms with Gasteiger partial charge in [0.2, 0.25) is 0 Å². The number of hydrogen-bond acceptors (Lipinski definition) is 1. The lowest BCUT2D eigenvalue weighted by molar-refractivity contribution is 0.281. The van der Waals surface area contributed by atoms with Crippen molar-refractivity contribution < 1.29 is 5.11 Å². The summed E-state index contributed by atoms with van der Waals surface area (Å²) in [6.07, 6.45) is 1.06. The van der Waals surface area contributed by atoms with Crippen LogP contribution >= 0.6 is 22.6 Å². The predicted octanol–water partition coefficient (Wildman–Crippen LogP) is 0.917. The Labute approximate surface area is 81.4 Å². The molecule has 0 fully saturated rings. The van der Waals surface area contributed by atoms with Crippen LogP contribution in [0.4, 0.5) is 0 Å². The Morgan fingerprint density at radius 3 is 2.64 bits per heavy atom. The van der Waals surface area contributed by atoms with E-state index in [9.17, 15) is 0 Å². The molecular weight excluding hydrogens is 250 g/mol. The zero-order valence-corrected chi connectivity index (χ0v) is 8.63. The van der Waals surface area contributed by atoms with Crippen molar-refractivity contribution in [2.45, 2.75) is 12.9 Å². The van der Waals surface area contributed by atoms with Crippen LogP contribution in [0.2, 0.25) is 0 Å². The van der Waals surface area contributed by atoms with E-state index in [1.54, 1.807) is 0 Å². The number of rotatable bonds is 2. The molecule has 0 aliphatic heterocycles. The molecule has 0 saturated heterocycles. The molecule has 1 aromatic carbocycles. The van der Waals surface area contributed by atoms with Gasteiger partial charge in [0.1, 0.15) is 7.85 Å². The van der Waals surface area contributed by atoms with Gasteiger partial charge in [-0.15, -0.1) is 0 Å². The number of halogens is 1. The van der Waals surface area contributed by atoms with Crippen LogP contribution in [0, 0.1) is 3.57 Å². The summed E-state index contributed by atoms with van der Waals surface area (Å²) in [7, 11) is 2.14. The van der Waals surface area contributed by atoms with Gasteiger partial charge in [0.05, 0.1) is 6.61 Å². The van der Waals surface area contributed by atoms with Crippen molar-refractivity contribution in [3.05, 3.63) is 32.9 Å². The van der Waals surface area contributed by atoms with Gasteiger partial charge in [-0.2, -0.15) is 0 Å². The first-order valence-corrected chi connectivity index (χ1v) is 4.74. The molecule has 0 saturated carbocycles. The van der Waals surface area contributed by atoms with Crippen molar-refractivity contribution in [3.8, 4) is 0 Å². The maximum absolute atomic E-state index is 8.82. The fraction of sp³-hybridized carbons (Fsp3) is 0.250. The minimum absolute atomic E-state index is 0.139. The van der Waals surface area contributed by atoms with Gasteiger partial charge in [-0.05, 0) is 39.8 Å². The van der Waals surface area contributed by atoms with Crippen molar-refractivity contribution in [3.63, 3.8) is 0 Å². The molecule has 0 bridgehead atoms. The quantitative estimate of drug-likeness (QED) is 0.619. The minimum Gasteiger partial charge on any atom is -0.392 e. The van der Waals surface area contributed by atoms with Crippen molar-refractivity contribution in [1.82, 2.24) is 0 Å². The Kier molecular flexibility index (Phi) is 3.39. The molecule has 1 rings (SSSR count). The number of hydrogen-bond donors (Lipinski definition) is 1. The summed E-state index contributed by atoms with van der Waals surface area (Å²) in [6, 6.07) is 6.08. The normalized spacial score (nSPS) is 10.0. The lowest BCUT2D eigenvalue weighted by atomic mass is 9.96. The summed E-state index contributed by atoms with van der Waals surface area (Å²) in [6.45, 7) is 0.139. The van der Waals surface area contributed by atoms with Gasteiger partial charge in [-0.25, -0.2) is 0 Å². The lowest BCUT2D eigenvalue weighted by Crippen LogP contribution is -1.91. The van der Waals surface area contributed by atoms with Gasteiger partial charge < -0.3 is 5.11 Å². The van der Waals surface area contributed by atoms with Crippen LogP contribution in [0.15, 0.2) is 18.2 Å². The first-order chi connectivity index (χ1) is 5.27. The third-order valence-corrected chi connectivity index (χ3v) is 2.69. The largest absolute Gasteiger partial charge is 0.392 e. The van der Waals surface area contributed by atoms with E-state index in [-0.39, 0.29) is 6.61 Å². The van der Waals surface area contributed by atoms with E-state index in [4.69, 9.17) is 5.11 Å². The first-order valence-electron chi connectivity index (χ1n) is 3.66. The predicted molar refractivity (Wildman–Crippen MR) is 57.3 cm³/mol. The van der Waals surface area contributed by atoms with Gasteiger partial charge in [0, 0.05) is 3.57 Å². The average Bonchev–Trinajstić information content (AvgIpc) is 2.04. The zero-order chi connectivity index (χ0) is 8.27. The Bertz CT molecular complexity index is 250. The smallest absolute Gasteiger partial charge is 0.107 e. The van der Waals surface area contributed by atoms with E-state index in [2.05, 4.69) is 36.5 Å². The highest BCUT2D eigenvalue weighted by atomic mass is 127. The Morgan fingerprint density at radius 1 is 1.45 bits per heavy atom. The molecule has 0 heterocycles. The highest BCUT2D eigenvalue weighted by Gasteiger charge is 1.97. The standard InChI is InChI=1S/C8H10BIO/c9-4-7-2-1-6(5-11)3-8(7)10/h1-3,11H,4-5,9H2. The van der Waals surface area contributed by atoms with Crippen LogP contribution in [0.5, 0.6) is 0 Å². The monoisotopic (exact) mass is 260 g/mol. The van der Waals surface area contributed by atoms with Crippen LogP contribution in [0.3, 0.4) is 0 Å². The topological polar surface area (TPSA) is 20.2 Å². The van der Waals surface area contributed by atoms with Gasteiger partial charge >= 0.3 is 0 Å². The molecule has 11 heavy (non-hydrogen) atoms. The van der Waals surface area contributed by atoms with Gasteiger partial charge in [-0.3, -0.25) is 0 Å². The first kappa shape index (κ1) is 9.07. The van der Waals surface area contributed by atoms with E-state index in [0.29, 0.717) is 0 Å². The molecule has 1 N–H and O–H groups in total. The molecule has 0 spiro atoms. The maximum atomic E-state index is 8.82. The van der Waals surface area contributed by atoms with Crippen LogP contribution < -0.4 is 0 Å². The molecule has 0 aliphatic rings. The Hall–Kier alpha value is -0.0251. The number of aliphatic hydroxyl groups excluding tert-OH is 1. The van der Waals surface area contributed by atoms with E-state index in [1.807, 2.05) is 12.1 Å². The molecule has 0 unspecified atom stereocenters.